The molecule has 0 aliphatic rings. The Morgan fingerprint density at radius 3 is 2.59 bits per heavy atom. The number of aryl methyl sites for hydroxylation is 1. The van der Waals surface area contributed by atoms with Gasteiger partial charge in [-0.3, -0.25) is 14.6 Å². The summed E-state index contributed by atoms with van der Waals surface area (Å²) < 4.78 is 24.8. The fraction of sp³-hybridized carbons (Fsp3) is 0.538. The summed E-state index contributed by atoms with van der Waals surface area (Å²) >= 11 is 4.21. The van der Waals surface area contributed by atoms with Gasteiger partial charge in [-0.05, 0) is 38.8 Å². The Kier molecular flexibility index (Phi) is 6.87. The highest BCUT2D eigenvalue weighted by atomic mass is 32.1. The molecule has 0 saturated carbocycles. The third-order valence-electron chi connectivity index (χ3n) is 3.05. The van der Waals surface area contributed by atoms with E-state index >= 15 is 0 Å². The smallest absolute Gasteiger partial charge is 0.405 e. The largest absolute Gasteiger partial charge is 0.471 e. The van der Waals surface area contributed by atoms with Crippen LogP contribution in [-0.4, -0.2) is 21.6 Å². The molecule has 0 heterocycles. The summed E-state index contributed by atoms with van der Waals surface area (Å²) in [6, 6.07) is 4.17. The topological polar surface area (TPSA) is 81.9 Å². The van der Waals surface area contributed by atoms with Gasteiger partial charge in [0, 0.05) is 12.1 Å². The highest BCUT2D eigenvalue weighted by Crippen LogP contribution is 2.55. The maximum atomic E-state index is 13.0. The summed E-state index contributed by atoms with van der Waals surface area (Å²) in [4.78, 5) is 10.5. The third-order valence-corrected chi connectivity index (χ3v) is 6.01. The van der Waals surface area contributed by atoms with Gasteiger partial charge < -0.3 is 4.52 Å². The Bertz CT molecular complexity index is 584. The molecule has 0 N–H and O–H groups in total. The first-order valence-electron chi connectivity index (χ1n) is 6.93. The van der Waals surface area contributed by atoms with Crippen molar-refractivity contribution in [3.8, 4) is 5.75 Å². The van der Waals surface area contributed by atoms with Crippen LogP contribution in [0, 0.1) is 17.0 Å². The van der Waals surface area contributed by atoms with Gasteiger partial charge >= 0.3 is 13.4 Å². The second kappa shape index (κ2) is 7.97. The van der Waals surface area contributed by atoms with E-state index in [0.29, 0.717) is 6.42 Å². The molecule has 1 aromatic rings. The number of rotatable bonds is 8. The van der Waals surface area contributed by atoms with Crippen molar-refractivity contribution in [2.45, 2.75) is 40.2 Å². The predicted octanol–water partition coefficient (Wildman–Crippen LogP) is 4.37. The molecule has 2 unspecified atom stereocenters. The zero-order chi connectivity index (χ0) is 16.9. The average molecular weight is 348 g/mol. The van der Waals surface area contributed by atoms with E-state index < -0.39 is 12.7 Å². The van der Waals surface area contributed by atoms with Crippen molar-refractivity contribution in [3.63, 3.8) is 0 Å². The molecule has 22 heavy (non-hydrogen) atoms. The molecule has 0 bridgehead atoms. The molecule has 0 aromatic heterocycles. The van der Waals surface area contributed by atoms with E-state index in [-0.39, 0.29) is 24.1 Å². The molecule has 1 rings (SSSR count). The van der Waals surface area contributed by atoms with E-state index in [4.69, 9.17) is 9.05 Å². The number of hydrogen-bond donors (Lipinski definition) is 1. The van der Waals surface area contributed by atoms with E-state index in [1.807, 2.05) is 13.8 Å². The van der Waals surface area contributed by atoms with Crippen molar-refractivity contribution in [3.05, 3.63) is 33.9 Å². The van der Waals surface area contributed by atoms with Gasteiger partial charge in [0.15, 0.2) is 0 Å². The SMILES string of the molecule is CCOP(=O)(Oc1cc(C)ccc1[N+](=O)[O-])N(S)C(C)CC. The van der Waals surface area contributed by atoms with Gasteiger partial charge in [0.2, 0.25) is 5.75 Å². The molecule has 0 radical (unpaired) electrons. The average Bonchev–Trinajstić information content (AvgIpc) is 2.45. The summed E-state index contributed by atoms with van der Waals surface area (Å²) in [6.45, 7) is 7.27. The Morgan fingerprint density at radius 1 is 1.45 bits per heavy atom. The fourth-order valence-electron chi connectivity index (χ4n) is 1.66. The van der Waals surface area contributed by atoms with Crippen LogP contribution in [0.4, 0.5) is 5.69 Å². The van der Waals surface area contributed by atoms with Crippen molar-refractivity contribution in [1.82, 2.24) is 4.08 Å². The summed E-state index contributed by atoms with van der Waals surface area (Å²) in [6.07, 6.45) is 0.667. The number of nitro groups is 1. The lowest BCUT2D eigenvalue weighted by Crippen LogP contribution is -2.24. The number of thiol groups is 1. The first-order chi connectivity index (χ1) is 10.2. The monoisotopic (exact) mass is 348 g/mol. The lowest BCUT2D eigenvalue weighted by atomic mass is 10.2. The van der Waals surface area contributed by atoms with Crippen LogP contribution < -0.4 is 4.52 Å². The van der Waals surface area contributed by atoms with Crippen LogP contribution in [0.3, 0.4) is 0 Å². The molecule has 7 nitrogen and oxygen atoms in total. The van der Waals surface area contributed by atoms with Crippen LogP contribution in [-0.2, 0) is 9.09 Å². The van der Waals surface area contributed by atoms with Crippen LogP contribution in [0.15, 0.2) is 18.2 Å². The Hall–Kier alpha value is -1.08. The Labute approximate surface area is 135 Å². The van der Waals surface area contributed by atoms with Crippen molar-refractivity contribution in [1.29, 1.82) is 0 Å². The maximum absolute atomic E-state index is 13.0. The van der Waals surface area contributed by atoms with Gasteiger partial charge in [0.05, 0.1) is 11.5 Å². The first kappa shape index (κ1) is 19.0. The molecule has 2 atom stereocenters. The van der Waals surface area contributed by atoms with Crippen LogP contribution in [0.5, 0.6) is 5.75 Å². The molecule has 124 valence electrons. The minimum Gasteiger partial charge on any atom is -0.405 e. The molecule has 0 aliphatic heterocycles. The van der Waals surface area contributed by atoms with Gasteiger partial charge in [-0.25, -0.2) is 4.57 Å². The molecule has 0 spiro atoms. The van der Waals surface area contributed by atoms with Crippen LogP contribution in [0.1, 0.15) is 32.8 Å². The third kappa shape index (κ3) is 4.46. The molecule has 0 aliphatic carbocycles. The van der Waals surface area contributed by atoms with Gasteiger partial charge in [0.1, 0.15) is 0 Å². The van der Waals surface area contributed by atoms with Gasteiger partial charge in [-0.1, -0.05) is 25.8 Å². The highest BCUT2D eigenvalue weighted by Gasteiger charge is 2.38. The quantitative estimate of drug-likeness (QED) is 0.325. The summed E-state index contributed by atoms with van der Waals surface area (Å²) in [5.74, 6) is -0.0934. The molecule has 9 heteroatoms. The lowest BCUT2D eigenvalue weighted by molar-refractivity contribution is -0.385. The van der Waals surface area contributed by atoms with Crippen molar-refractivity contribution < 1.29 is 18.5 Å². The van der Waals surface area contributed by atoms with E-state index in [9.17, 15) is 14.7 Å². The molecular weight excluding hydrogens is 327 g/mol. The van der Waals surface area contributed by atoms with Gasteiger partial charge in [0.25, 0.3) is 0 Å². The molecule has 0 saturated heterocycles. The predicted molar refractivity (Wildman–Crippen MR) is 88.3 cm³/mol. The maximum Gasteiger partial charge on any atom is 0.471 e. The van der Waals surface area contributed by atoms with Crippen molar-refractivity contribution in [2.75, 3.05) is 6.61 Å². The van der Waals surface area contributed by atoms with Gasteiger partial charge in [-0.2, -0.15) is 0 Å². The fourth-order valence-corrected chi connectivity index (χ4v) is 3.71. The first-order valence-corrected chi connectivity index (χ1v) is 8.82. The second-order valence-corrected chi connectivity index (χ2v) is 7.34. The van der Waals surface area contributed by atoms with Crippen molar-refractivity contribution >= 4 is 26.2 Å². The summed E-state index contributed by atoms with van der Waals surface area (Å²) in [7, 11) is -3.80. The number of hydrogen-bond acceptors (Lipinski definition) is 6. The van der Waals surface area contributed by atoms with E-state index in [1.165, 1.54) is 16.2 Å². The normalized spacial score (nSPS) is 15.4. The number of nitrogens with zero attached hydrogens (tertiary/aromatic N) is 2. The molecule has 0 fully saturated rings. The highest BCUT2D eigenvalue weighted by molar-refractivity contribution is 7.85. The standard InChI is InChI=1S/C13H21N2O5PS/c1-5-11(4)15(22)21(18,19-6-2)20-13-9-10(3)7-8-12(13)14(16)17/h7-9,11,22H,5-6H2,1-4H3. The molecule has 1 aromatic carbocycles. The van der Waals surface area contributed by atoms with E-state index in [1.54, 1.807) is 19.9 Å². The zero-order valence-electron chi connectivity index (χ0n) is 13.1. The van der Waals surface area contributed by atoms with Crippen LogP contribution in [0.25, 0.3) is 0 Å². The van der Waals surface area contributed by atoms with Gasteiger partial charge in [-0.15, -0.1) is 4.08 Å². The second-order valence-electron chi connectivity index (χ2n) is 4.78. The number of nitro benzene ring substituents is 1. The van der Waals surface area contributed by atoms with Crippen LogP contribution >= 0.6 is 20.6 Å². The Balaban J connectivity index is 3.23. The van der Waals surface area contributed by atoms with E-state index in [0.717, 1.165) is 5.56 Å². The number of benzene rings is 1. The Morgan fingerprint density at radius 2 is 2.09 bits per heavy atom. The summed E-state index contributed by atoms with van der Waals surface area (Å²) in [5, 5.41) is 11.1. The molecule has 0 amide bonds. The minimum absolute atomic E-state index is 0.0934. The van der Waals surface area contributed by atoms with Crippen molar-refractivity contribution in [2.24, 2.45) is 0 Å². The minimum atomic E-state index is -3.80. The van der Waals surface area contributed by atoms with E-state index in [2.05, 4.69) is 12.8 Å². The molecular formula is C13H21N2O5PS. The lowest BCUT2D eigenvalue weighted by Gasteiger charge is -2.29. The summed E-state index contributed by atoms with van der Waals surface area (Å²) in [5.41, 5.74) is 0.481. The zero-order valence-corrected chi connectivity index (χ0v) is 14.8. The van der Waals surface area contributed by atoms with Crippen LogP contribution in [0.2, 0.25) is 0 Å².